The Kier molecular flexibility index (Phi) is 4.16. The molecule has 0 bridgehead atoms. The molecule has 0 aliphatic heterocycles. The van der Waals surface area contributed by atoms with Crippen LogP contribution in [0.25, 0.3) is 0 Å². The van der Waals surface area contributed by atoms with E-state index in [0.717, 1.165) is 10.2 Å². The average molecular weight is 321 g/mol. The number of nitrogens with one attached hydrogen (secondary N) is 1. The Morgan fingerprint density at radius 3 is 2.68 bits per heavy atom. The van der Waals surface area contributed by atoms with E-state index in [1.807, 2.05) is 25.1 Å². The summed E-state index contributed by atoms with van der Waals surface area (Å²) in [7, 11) is 0. The first-order chi connectivity index (χ1) is 9.06. The maximum Gasteiger partial charge on any atom is 0.221 e. The zero-order valence-corrected chi connectivity index (χ0v) is 12.2. The zero-order valence-electron chi connectivity index (χ0n) is 10.6. The van der Waals surface area contributed by atoms with Crippen molar-refractivity contribution >= 4 is 27.5 Å². The number of para-hydroxylation sites is 2. The molecule has 2 rings (SSSR count). The van der Waals surface area contributed by atoms with Crippen molar-refractivity contribution < 1.29 is 9.53 Å². The molecular weight excluding hydrogens is 308 g/mol. The van der Waals surface area contributed by atoms with Crippen LogP contribution < -0.4 is 10.1 Å². The summed E-state index contributed by atoms with van der Waals surface area (Å²) in [5.74, 6) is 0.904. The Bertz CT molecular complexity index is 614. The summed E-state index contributed by atoms with van der Waals surface area (Å²) >= 11 is 3.39. The molecule has 5 heteroatoms. The number of pyridine rings is 1. The maximum absolute atomic E-state index is 11.1. The van der Waals surface area contributed by atoms with Gasteiger partial charge in [0.15, 0.2) is 5.75 Å². The van der Waals surface area contributed by atoms with Gasteiger partial charge in [0.2, 0.25) is 11.8 Å². The Balaban J connectivity index is 2.27. The van der Waals surface area contributed by atoms with Gasteiger partial charge in [0.05, 0.1) is 11.4 Å². The van der Waals surface area contributed by atoms with Crippen molar-refractivity contribution in [2.24, 2.45) is 0 Å². The second-order valence-corrected chi connectivity index (χ2v) is 4.85. The van der Waals surface area contributed by atoms with Crippen molar-refractivity contribution in [2.75, 3.05) is 5.32 Å². The largest absolute Gasteiger partial charge is 0.437 e. The van der Waals surface area contributed by atoms with E-state index < -0.39 is 0 Å². The fourth-order valence-electron chi connectivity index (χ4n) is 1.54. The van der Waals surface area contributed by atoms with Gasteiger partial charge in [-0.05, 0) is 41.1 Å². The number of aromatic nitrogens is 1. The van der Waals surface area contributed by atoms with Gasteiger partial charge >= 0.3 is 0 Å². The van der Waals surface area contributed by atoms with Crippen molar-refractivity contribution in [3.05, 3.63) is 46.6 Å². The van der Waals surface area contributed by atoms with Crippen LogP contribution in [0.5, 0.6) is 11.6 Å². The van der Waals surface area contributed by atoms with Crippen LogP contribution in [-0.4, -0.2) is 10.9 Å². The molecule has 0 atom stereocenters. The second-order valence-electron chi connectivity index (χ2n) is 4.00. The van der Waals surface area contributed by atoms with Crippen molar-refractivity contribution in [1.29, 1.82) is 0 Å². The van der Waals surface area contributed by atoms with Crippen molar-refractivity contribution in [3.63, 3.8) is 0 Å². The normalized spacial score (nSPS) is 10.1. The summed E-state index contributed by atoms with van der Waals surface area (Å²) in [6.07, 6.45) is 0. The van der Waals surface area contributed by atoms with Gasteiger partial charge in [0.25, 0.3) is 0 Å². The number of rotatable bonds is 3. The lowest BCUT2D eigenvalue weighted by Crippen LogP contribution is -2.06. The first kappa shape index (κ1) is 13.5. The molecule has 0 fully saturated rings. The molecule has 1 amide bonds. The minimum Gasteiger partial charge on any atom is -0.437 e. The summed E-state index contributed by atoms with van der Waals surface area (Å²) in [6, 6.07) is 10.9. The summed E-state index contributed by atoms with van der Waals surface area (Å²) in [6.45, 7) is 3.34. The van der Waals surface area contributed by atoms with E-state index >= 15 is 0 Å². The highest BCUT2D eigenvalue weighted by Gasteiger charge is 2.07. The second kappa shape index (κ2) is 5.84. The highest BCUT2D eigenvalue weighted by molar-refractivity contribution is 9.10. The lowest BCUT2D eigenvalue weighted by atomic mass is 10.3. The minimum absolute atomic E-state index is 0.143. The summed E-state index contributed by atoms with van der Waals surface area (Å²) < 4.78 is 6.63. The van der Waals surface area contributed by atoms with Gasteiger partial charge in [-0.3, -0.25) is 4.79 Å². The van der Waals surface area contributed by atoms with E-state index in [1.54, 1.807) is 18.2 Å². The smallest absolute Gasteiger partial charge is 0.221 e. The molecule has 1 N–H and O–H groups in total. The van der Waals surface area contributed by atoms with Crippen LogP contribution in [0.15, 0.2) is 40.9 Å². The summed E-state index contributed by atoms with van der Waals surface area (Å²) in [5.41, 5.74) is 1.46. The molecule has 0 saturated heterocycles. The van der Waals surface area contributed by atoms with Crippen molar-refractivity contribution in [1.82, 2.24) is 4.98 Å². The van der Waals surface area contributed by atoms with Crippen LogP contribution in [0.2, 0.25) is 0 Å². The topological polar surface area (TPSA) is 51.2 Å². The van der Waals surface area contributed by atoms with Gasteiger partial charge in [-0.25, -0.2) is 4.98 Å². The van der Waals surface area contributed by atoms with E-state index in [0.29, 0.717) is 17.3 Å². The van der Waals surface area contributed by atoms with Crippen molar-refractivity contribution in [2.45, 2.75) is 13.8 Å². The van der Waals surface area contributed by atoms with Gasteiger partial charge < -0.3 is 10.1 Å². The van der Waals surface area contributed by atoms with E-state index in [9.17, 15) is 4.79 Å². The quantitative estimate of drug-likeness (QED) is 0.933. The van der Waals surface area contributed by atoms with E-state index in [1.165, 1.54) is 6.92 Å². The third-order valence-corrected chi connectivity index (χ3v) is 3.25. The Labute approximate surface area is 119 Å². The number of benzene rings is 1. The van der Waals surface area contributed by atoms with Crippen LogP contribution in [0, 0.1) is 6.92 Å². The molecule has 0 unspecified atom stereocenters. The van der Waals surface area contributed by atoms with Gasteiger partial charge in [-0.15, -0.1) is 0 Å². The first-order valence-electron chi connectivity index (χ1n) is 5.74. The molecule has 0 spiro atoms. The first-order valence-corrected chi connectivity index (χ1v) is 6.53. The maximum atomic E-state index is 11.1. The summed E-state index contributed by atoms with van der Waals surface area (Å²) in [5, 5.41) is 2.72. The molecule has 4 nitrogen and oxygen atoms in total. The standard InChI is InChI=1S/C14H13BrN2O2/c1-9-11(15)7-8-14(16-9)19-13-6-4-3-5-12(13)17-10(2)18/h3-8H,1-2H3,(H,17,18). The van der Waals surface area contributed by atoms with E-state index in [-0.39, 0.29) is 5.91 Å². The van der Waals surface area contributed by atoms with Crippen LogP contribution in [0.1, 0.15) is 12.6 Å². The molecule has 1 aromatic heterocycles. The molecule has 19 heavy (non-hydrogen) atoms. The lowest BCUT2D eigenvalue weighted by molar-refractivity contribution is -0.114. The number of hydrogen-bond acceptors (Lipinski definition) is 3. The molecule has 98 valence electrons. The number of ether oxygens (including phenoxy) is 1. The molecule has 1 heterocycles. The molecule has 0 saturated carbocycles. The number of carbonyl (C=O) groups excluding carboxylic acids is 1. The fourth-order valence-corrected chi connectivity index (χ4v) is 1.76. The van der Waals surface area contributed by atoms with Crippen LogP contribution in [0.4, 0.5) is 5.69 Å². The number of halogens is 1. The predicted octanol–water partition coefficient (Wildman–Crippen LogP) is 3.90. The van der Waals surface area contributed by atoms with E-state index in [2.05, 4.69) is 26.2 Å². The molecule has 0 aliphatic carbocycles. The summed E-state index contributed by atoms with van der Waals surface area (Å²) in [4.78, 5) is 15.4. The van der Waals surface area contributed by atoms with Crippen LogP contribution in [0.3, 0.4) is 0 Å². The number of hydrogen-bond donors (Lipinski definition) is 1. The number of amides is 1. The molecule has 1 aromatic carbocycles. The number of carbonyl (C=O) groups is 1. The number of nitrogens with zero attached hydrogens (tertiary/aromatic N) is 1. The van der Waals surface area contributed by atoms with Gasteiger partial charge in [-0.1, -0.05) is 12.1 Å². The Morgan fingerprint density at radius 2 is 2.00 bits per heavy atom. The fraction of sp³-hybridized carbons (Fsp3) is 0.143. The average Bonchev–Trinajstić information content (AvgIpc) is 2.36. The van der Waals surface area contributed by atoms with E-state index in [4.69, 9.17) is 4.74 Å². The molecule has 0 radical (unpaired) electrons. The van der Waals surface area contributed by atoms with Crippen LogP contribution >= 0.6 is 15.9 Å². The van der Waals surface area contributed by atoms with Gasteiger partial charge in [-0.2, -0.15) is 0 Å². The third-order valence-electron chi connectivity index (χ3n) is 2.41. The van der Waals surface area contributed by atoms with Gasteiger partial charge in [0, 0.05) is 17.5 Å². The predicted molar refractivity (Wildman–Crippen MR) is 77.5 cm³/mol. The Hall–Kier alpha value is -1.88. The minimum atomic E-state index is -0.143. The zero-order chi connectivity index (χ0) is 13.8. The molecule has 2 aromatic rings. The highest BCUT2D eigenvalue weighted by Crippen LogP contribution is 2.29. The highest BCUT2D eigenvalue weighted by atomic mass is 79.9. The monoisotopic (exact) mass is 320 g/mol. The number of aryl methyl sites for hydroxylation is 1. The lowest BCUT2D eigenvalue weighted by Gasteiger charge is -2.11. The Morgan fingerprint density at radius 1 is 1.26 bits per heavy atom. The SMILES string of the molecule is CC(=O)Nc1ccccc1Oc1ccc(Br)c(C)n1. The van der Waals surface area contributed by atoms with Crippen molar-refractivity contribution in [3.8, 4) is 11.6 Å². The van der Waals surface area contributed by atoms with Gasteiger partial charge in [0.1, 0.15) is 0 Å². The molecule has 0 aliphatic rings. The number of anilines is 1. The molecular formula is C14H13BrN2O2. The van der Waals surface area contributed by atoms with Crippen LogP contribution in [-0.2, 0) is 4.79 Å². The third kappa shape index (κ3) is 3.54.